The number of hydrogen-bond acceptors (Lipinski definition) is 4. The van der Waals surface area contributed by atoms with E-state index >= 15 is 0 Å². The zero-order chi connectivity index (χ0) is 11.6. The minimum atomic E-state index is -5.08. The summed E-state index contributed by atoms with van der Waals surface area (Å²) in [6.07, 6.45) is -0.509. The third kappa shape index (κ3) is 2.85. The molecule has 8 nitrogen and oxygen atoms in total. The van der Waals surface area contributed by atoms with Crippen LogP contribution in [0.25, 0.3) is 0 Å². The van der Waals surface area contributed by atoms with E-state index in [1.165, 1.54) is 0 Å². The first-order chi connectivity index (χ1) is 6.06. The Bertz CT molecular complexity index is 260. The van der Waals surface area contributed by atoms with E-state index in [9.17, 15) is 9.13 Å². The summed E-state index contributed by atoms with van der Waals surface area (Å²) in [6, 6.07) is 0. The maximum atomic E-state index is 10.8. The minimum Gasteiger partial charge on any atom is -0.330 e. The molecule has 0 aromatic heterocycles. The first-order valence-electron chi connectivity index (χ1n) is 3.66. The molecule has 14 heavy (non-hydrogen) atoms. The molecule has 0 rings (SSSR count). The van der Waals surface area contributed by atoms with Crippen molar-refractivity contribution in [3.05, 3.63) is 0 Å². The molecule has 0 amide bonds. The van der Waals surface area contributed by atoms with Crippen molar-refractivity contribution in [3.63, 3.8) is 0 Å². The third-order valence-corrected chi connectivity index (χ3v) is 5.79. The Kier molecular flexibility index (Phi) is 4.45. The molecule has 0 heterocycles. The number of hydrogen-bond donors (Lipinski definition) is 6. The molecule has 0 saturated carbocycles. The van der Waals surface area contributed by atoms with Gasteiger partial charge in [-0.15, -0.1) is 0 Å². The van der Waals surface area contributed by atoms with Gasteiger partial charge in [0.15, 0.2) is 0 Å². The van der Waals surface area contributed by atoms with Crippen LogP contribution in [0.1, 0.15) is 12.8 Å². The molecule has 0 aromatic carbocycles. The van der Waals surface area contributed by atoms with E-state index in [4.69, 9.17) is 31.0 Å². The van der Waals surface area contributed by atoms with E-state index in [0.717, 1.165) is 0 Å². The highest BCUT2D eigenvalue weighted by Gasteiger charge is 2.56. The topological polar surface area (TPSA) is 167 Å². The first kappa shape index (κ1) is 14.2. The van der Waals surface area contributed by atoms with Crippen LogP contribution in [0.3, 0.4) is 0 Å². The van der Waals surface area contributed by atoms with Gasteiger partial charge in [0.1, 0.15) is 0 Å². The summed E-state index contributed by atoms with van der Waals surface area (Å²) >= 11 is 0. The molecule has 0 fully saturated rings. The molecule has 0 unspecified atom stereocenters. The Balaban J connectivity index is 5.08. The van der Waals surface area contributed by atoms with E-state index in [0.29, 0.717) is 0 Å². The highest BCUT2D eigenvalue weighted by atomic mass is 31.2. The van der Waals surface area contributed by atoms with Gasteiger partial charge < -0.3 is 31.0 Å². The summed E-state index contributed by atoms with van der Waals surface area (Å²) in [5.74, 6) is 0. The molecule has 86 valence electrons. The molecule has 0 radical (unpaired) electrons. The maximum absolute atomic E-state index is 10.8. The zero-order valence-corrected chi connectivity index (χ0v) is 9.06. The van der Waals surface area contributed by atoms with Crippen LogP contribution in [0.2, 0.25) is 0 Å². The molecule has 0 bridgehead atoms. The normalized spacial score (nSPS) is 14.4. The fraction of sp³-hybridized carbons (Fsp3) is 1.00. The molecule has 0 aliphatic carbocycles. The van der Waals surface area contributed by atoms with Gasteiger partial charge in [-0.25, -0.2) is 0 Å². The smallest absolute Gasteiger partial charge is 0.330 e. The molecule has 0 aliphatic heterocycles. The van der Waals surface area contributed by atoms with Gasteiger partial charge in [-0.1, -0.05) is 0 Å². The lowest BCUT2D eigenvalue weighted by Crippen LogP contribution is -2.39. The molecule has 8 N–H and O–H groups in total. The van der Waals surface area contributed by atoms with Gasteiger partial charge in [0.05, 0.1) is 0 Å². The van der Waals surface area contributed by atoms with Crippen LogP contribution < -0.4 is 11.5 Å². The largest absolute Gasteiger partial charge is 0.357 e. The van der Waals surface area contributed by atoms with E-state index in [-0.39, 0.29) is 13.0 Å². The summed E-state index contributed by atoms with van der Waals surface area (Å²) in [6.45, 7) is 0.0406. The van der Waals surface area contributed by atoms with Crippen LogP contribution in [0.5, 0.6) is 0 Å². The molecular weight excluding hydrogens is 234 g/mol. The van der Waals surface area contributed by atoms with E-state index in [1.807, 2.05) is 0 Å². The van der Waals surface area contributed by atoms with Gasteiger partial charge in [0, 0.05) is 0 Å². The predicted molar refractivity (Wildman–Crippen MR) is 49.3 cm³/mol. The average Bonchev–Trinajstić information content (AvgIpc) is 1.95. The van der Waals surface area contributed by atoms with Crippen LogP contribution in [-0.2, 0) is 9.13 Å². The van der Waals surface area contributed by atoms with Gasteiger partial charge in [-0.05, 0) is 19.4 Å². The molecule has 10 heteroatoms. The van der Waals surface area contributed by atoms with Crippen LogP contribution in [0, 0.1) is 0 Å². The van der Waals surface area contributed by atoms with Gasteiger partial charge in [0.2, 0.25) is 5.02 Å². The van der Waals surface area contributed by atoms with Crippen molar-refractivity contribution in [2.75, 3.05) is 6.54 Å². The van der Waals surface area contributed by atoms with E-state index < -0.39 is 26.6 Å². The Morgan fingerprint density at radius 3 is 1.64 bits per heavy atom. The summed E-state index contributed by atoms with van der Waals surface area (Å²) in [5, 5.41) is -2.82. The van der Waals surface area contributed by atoms with E-state index in [2.05, 4.69) is 0 Å². The second-order valence-corrected chi connectivity index (χ2v) is 6.98. The van der Waals surface area contributed by atoms with Crippen LogP contribution in [-0.4, -0.2) is 31.1 Å². The monoisotopic (exact) mass is 248 g/mol. The molecule has 0 aliphatic rings. The van der Waals surface area contributed by atoms with Crippen molar-refractivity contribution in [1.82, 2.24) is 0 Å². The minimum absolute atomic E-state index is 0.0206. The fourth-order valence-electron chi connectivity index (χ4n) is 0.823. The highest BCUT2D eigenvalue weighted by Crippen LogP contribution is 2.67. The van der Waals surface area contributed by atoms with Crippen molar-refractivity contribution >= 4 is 15.2 Å². The lowest BCUT2D eigenvalue weighted by Gasteiger charge is -2.30. The summed E-state index contributed by atoms with van der Waals surface area (Å²) < 4.78 is 21.7. The van der Waals surface area contributed by atoms with Crippen LogP contribution in [0.15, 0.2) is 0 Å². The summed E-state index contributed by atoms with van der Waals surface area (Å²) in [7, 11) is -10.2. The van der Waals surface area contributed by atoms with Crippen molar-refractivity contribution in [2.45, 2.75) is 17.9 Å². The molecule has 0 spiro atoms. The van der Waals surface area contributed by atoms with Gasteiger partial charge in [-0.3, -0.25) is 9.13 Å². The second-order valence-electron chi connectivity index (χ2n) is 2.86. The standard InChI is InChI=1S/C4H14N2O6P2/c5-3-1-2-4(6,13(7,8)9)14(10,11)12/h1-3,5-6H2,(H2,7,8,9)(H2,10,11,12). The van der Waals surface area contributed by atoms with Crippen molar-refractivity contribution < 1.29 is 28.7 Å². The van der Waals surface area contributed by atoms with Crippen molar-refractivity contribution in [1.29, 1.82) is 0 Å². The second kappa shape index (κ2) is 4.38. The molecule has 0 aromatic rings. The van der Waals surface area contributed by atoms with Gasteiger partial charge in [0.25, 0.3) is 0 Å². The van der Waals surface area contributed by atoms with Crippen LogP contribution in [0.4, 0.5) is 0 Å². The third-order valence-electron chi connectivity index (χ3n) is 1.76. The Morgan fingerprint density at radius 2 is 1.43 bits per heavy atom. The fourth-order valence-corrected chi connectivity index (χ4v) is 3.08. The zero-order valence-electron chi connectivity index (χ0n) is 7.28. The molecular formula is C4H14N2O6P2. The Labute approximate surface area is 80.6 Å². The Morgan fingerprint density at radius 1 is 1.07 bits per heavy atom. The molecule has 0 saturated heterocycles. The van der Waals surface area contributed by atoms with Gasteiger partial charge >= 0.3 is 15.2 Å². The maximum Gasteiger partial charge on any atom is 0.357 e. The van der Waals surface area contributed by atoms with Crippen LogP contribution >= 0.6 is 15.2 Å². The van der Waals surface area contributed by atoms with Crippen molar-refractivity contribution in [3.8, 4) is 0 Å². The Hall–Kier alpha value is 0.220. The molecule has 0 atom stereocenters. The number of nitrogens with two attached hydrogens (primary N) is 2. The lowest BCUT2D eigenvalue weighted by molar-refractivity contribution is 0.301. The summed E-state index contributed by atoms with van der Waals surface area (Å²) in [4.78, 5) is 35.0. The van der Waals surface area contributed by atoms with Crippen molar-refractivity contribution in [2.24, 2.45) is 11.5 Å². The van der Waals surface area contributed by atoms with E-state index in [1.54, 1.807) is 0 Å². The lowest BCUT2D eigenvalue weighted by atomic mass is 10.3. The highest BCUT2D eigenvalue weighted by molar-refractivity contribution is 7.72. The average molecular weight is 248 g/mol. The number of rotatable bonds is 5. The predicted octanol–water partition coefficient (Wildman–Crippen LogP) is -1.31. The summed E-state index contributed by atoms with van der Waals surface area (Å²) in [5.41, 5.74) is 10.1. The van der Waals surface area contributed by atoms with Gasteiger partial charge in [-0.2, -0.15) is 0 Å². The quantitative estimate of drug-likeness (QED) is 0.326. The first-order valence-corrected chi connectivity index (χ1v) is 6.89. The SMILES string of the molecule is NCCCC(N)(P(=O)(O)O)P(=O)(O)O.